The van der Waals surface area contributed by atoms with Gasteiger partial charge in [-0.1, -0.05) is 6.92 Å². The highest BCUT2D eigenvalue weighted by atomic mass is 32.1. The van der Waals surface area contributed by atoms with Crippen molar-refractivity contribution in [3.63, 3.8) is 0 Å². The number of thiazole rings is 1. The van der Waals surface area contributed by atoms with Gasteiger partial charge in [-0.25, -0.2) is 9.78 Å². The number of carbonyl (C=O) groups excluding carboxylic acids is 1. The van der Waals surface area contributed by atoms with Crippen LogP contribution in [0, 0.1) is 6.92 Å². The normalized spacial score (nSPS) is 10.5. The molecule has 4 nitrogen and oxygen atoms in total. The first-order valence-corrected chi connectivity index (χ1v) is 6.23. The van der Waals surface area contributed by atoms with Crippen LogP contribution in [-0.4, -0.2) is 11.0 Å². The monoisotopic (exact) mass is 251 g/mol. The smallest absolute Gasteiger partial charge is 0.374 e. The third-order valence-electron chi connectivity index (χ3n) is 2.39. The van der Waals surface area contributed by atoms with Crippen molar-refractivity contribution in [2.24, 2.45) is 0 Å². The second kappa shape index (κ2) is 5.14. The lowest BCUT2D eigenvalue weighted by atomic mass is 10.3. The fraction of sp³-hybridized carbons (Fsp3) is 0.333. The van der Waals surface area contributed by atoms with Crippen molar-refractivity contribution in [1.29, 1.82) is 0 Å². The number of ether oxygens (including phenoxy) is 1. The van der Waals surface area contributed by atoms with Gasteiger partial charge < -0.3 is 9.15 Å². The standard InChI is InChI=1S/C12H13NO3S/c1-3-9-4-5-10(16-9)12(14)15-6-11-8(2)13-7-17-11/h4-5,7H,3,6H2,1-2H3. The Morgan fingerprint density at radius 3 is 2.94 bits per heavy atom. The molecule has 0 fully saturated rings. The van der Waals surface area contributed by atoms with Crippen LogP contribution in [0.15, 0.2) is 22.1 Å². The molecule has 0 amide bonds. The van der Waals surface area contributed by atoms with E-state index in [1.165, 1.54) is 11.3 Å². The highest BCUT2D eigenvalue weighted by Crippen LogP contribution is 2.15. The summed E-state index contributed by atoms with van der Waals surface area (Å²) in [5.74, 6) is 0.604. The molecule has 2 aromatic heterocycles. The largest absolute Gasteiger partial charge is 0.454 e. The fourth-order valence-corrected chi connectivity index (χ4v) is 2.03. The molecule has 0 saturated carbocycles. The second-order valence-corrected chi connectivity index (χ2v) is 4.50. The van der Waals surface area contributed by atoms with E-state index in [4.69, 9.17) is 9.15 Å². The number of aryl methyl sites for hydroxylation is 2. The maximum atomic E-state index is 11.6. The molecule has 0 N–H and O–H groups in total. The van der Waals surface area contributed by atoms with E-state index in [2.05, 4.69) is 4.98 Å². The first kappa shape index (κ1) is 11.9. The first-order valence-electron chi connectivity index (χ1n) is 5.35. The Labute approximate surface area is 103 Å². The predicted molar refractivity (Wildman–Crippen MR) is 64.1 cm³/mol. The van der Waals surface area contributed by atoms with Crippen molar-refractivity contribution in [3.05, 3.63) is 39.7 Å². The lowest BCUT2D eigenvalue weighted by Crippen LogP contribution is -2.03. The predicted octanol–water partition coefficient (Wildman–Crippen LogP) is 2.96. The lowest BCUT2D eigenvalue weighted by molar-refractivity contribution is 0.0437. The Kier molecular flexibility index (Phi) is 3.58. The van der Waals surface area contributed by atoms with Gasteiger partial charge in [-0.05, 0) is 19.1 Å². The average Bonchev–Trinajstić information content (AvgIpc) is 2.94. The Morgan fingerprint density at radius 1 is 1.53 bits per heavy atom. The summed E-state index contributed by atoms with van der Waals surface area (Å²) in [6.45, 7) is 4.11. The quantitative estimate of drug-likeness (QED) is 0.784. The summed E-state index contributed by atoms with van der Waals surface area (Å²) in [5.41, 5.74) is 2.64. The average molecular weight is 251 g/mol. The minimum Gasteiger partial charge on any atom is -0.454 e. The van der Waals surface area contributed by atoms with Crippen molar-refractivity contribution >= 4 is 17.3 Å². The van der Waals surface area contributed by atoms with Crippen LogP contribution in [0.3, 0.4) is 0 Å². The minimum atomic E-state index is -0.433. The molecule has 2 rings (SSSR count). The van der Waals surface area contributed by atoms with Crippen molar-refractivity contribution in [1.82, 2.24) is 4.98 Å². The maximum Gasteiger partial charge on any atom is 0.374 e. The fourth-order valence-electron chi connectivity index (χ4n) is 1.34. The van der Waals surface area contributed by atoms with Gasteiger partial charge in [-0.3, -0.25) is 0 Å². The molecule has 0 aromatic carbocycles. The zero-order chi connectivity index (χ0) is 12.3. The first-order chi connectivity index (χ1) is 8.20. The van der Waals surface area contributed by atoms with Gasteiger partial charge in [-0.15, -0.1) is 11.3 Å². The molecule has 0 bridgehead atoms. The topological polar surface area (TPSA) is 52.3 Å². The van der Waals surface area contributed by atoms with E-state index in [9.17, 15) is 4.79 Å². The van der Waals surface area contributed by atoms with E-state index in [1.807, 2.05) is 13.8 Å². The Morgan fingerprint density at radius 2 is 2.35 bits per heavy atom. The molecule has 0 aliphatic carbocycles. The van der Waals surface area contributed by atoms with Crippen molar-refractivity contribution in [2.75, 3.05) is 0 Å². The van der Waals surface area contributed by atoms with Gasteiger partial charge in [0.2, 0.25) is 5.76 Å². The molecule has 0 saturated heterocycles. The van der Waals surface area contributed by atoms with Gasteiger partial charge in [0.05, 0.1) is 16.1 Å². The molecule has 2 aromatic rings. The summed E-state index contributed by atoms with van der Waals surface area (Å²) in [6.07, 6.45) is 0.765. The van der Waals surface area contributed by atoms with Gasteiger partial charge in [0.15, 0.2) is 0 Å². The van der Waals surface area contributed by atoms with E-state index in [1.54, 1.807) is 17.6 Å². The lowest BCUT2D eigenvalue weighted by Gasteiger charge is -2.01. The van der Waals surface area contributed by atoms with Crippen molar-refractivity contribution < 1.29 is 13.9 Å². The molecule has 0 aliphatic heterocycles. The molecular formula is C12H13NO3S. The zero-order valence-corrected chi connectivity index (χ0v) is 10.5. The van der Waals surface area contributed by atoms with Crippen molar-refractivity contribution in [3.8, 4) is 0 Å². The molecule has 0 spiro atoms. The molecule has 2 heterocycles. The molecule has 90 valence electrons. The zero-order valence-electron chi connectivity index (χ0n) is 9.73. The maximum absolute atomic E-state index is 11.6. The van der Waals surface area contributed by atoms with Crippen LogP contribution < -0.4 is 0 Å². The number of hydrogen-bond acceptors (Lipinski definition) is 5. The molecule has 17 heavy (non-hydrogen) atoms. The Hall–Kier alpha value is -1.62. The number of furan rings is 1. The molecule has 0 radical (unpaired) electrons. The van der Waals surface area contributed by atoms with Gasteiger partial charge in [0, 0.05) is 6.42 Å². The Balaban J connectivity index is 1.95. The number of nitrogens with zero attached hydrogens (tertiary/aromatic N) is 1. The van der Waals surface area contributed by atoms with Crippen LogP contribution in [-0.2, 0) is 17.8 Å². The second-order valence-electron chi connectivity index (χ2n) is 3.56. The van der Waals surface area contributed by atoms with Crippen molar-refractivity contribution in [2.45, 2.75) is 26.9 Å². The van der Waals surface area contributed by atoms with Crippen LogP contribution in [0.5, 0.6) is 0 Å². The van der Waals surface area contributed by atoms with E-state index in [0.717, 1.165) is 22.8 Å². The minimum absolute atomic E-state index is 0.248. The van der Waals surface area contributed by atoms with Crippen LogP contribution in [0.25, 0.3) is 0 Å². The van der Waals surface area contributed by atoms with Gasteiger partial charge in [0.25, 0.3) is 0 Å². The van der Waals surface area contributed by atoms with Gasteiger partial charge in [-0.2, -0.15) is 0 Å². The third kappa shape index (κ3) is 2.74. The molecule has 5 heteroatoms. The third-order valence-corrected chi connectivity index (χ3v) is 3.30. The van der Waals surface area contributed by atoms with E-state index in [-0.39, 0.29) is 12.4 Å². The van der Waals surface area contributed by atoms with E-state index in [0.29, 0.717) is 0 Å². The Bertz CT molecular complexity index is 515. The highest BCUT2D eigenvalue weighted by Gasteiger charge is 2.13. The molecule has 0 atom stereocenters. The summed E-state index contributed by atoms with van der Waals surface area (Å²) in [4.78, 5) is 16.7. The van der Waals surface area contributed by atoms with Crippen LogP contribution in [0.1, 0.15) is 33.8 Å². The molecule has 0 aliphatic rings. The number of hydrogen-bond donors (Lipinski definition) is 0. The summed E-state index contributed by atoms with van der Waals surface area (Å²) in [7, 11) is 0. The number of esters is 1. The van der Waals surface area contributed by atoms with E-state index < -0.39 is 5.97 Å². The van der Waals surface area contributed by atoms with Crippen LogP contribution in [0.4, 0.5) is 0 Å². The number of carbonyl (C=O) groups is 1. The SMILES string of the molecule is CCc1ccc(C(=O)OCc2scnc2C)o1. The summed E-state index contributed by atoms with van der Waals surface area (Å²) in [5, 5.41) is 0. The highest BCUT2D eigenvalue weighted by molar-refractivity contribution is 7.09. The summed E-state index contributed by atoms with van der Waals surface area (Å²) >= 11 is 1.48. The van der Waals surface area contributed by atoms with Crippen LogP contribution >= 0.6 is 11.3 Å². The summed E-state index contributed by atoms with van der Waals surface area (Å²) < 4.78 is 10.5. The molecule has 0 unspecified atom stereocenters. The summed E-state index contributed by atoms with van der Waals surface area (Å²) in [6, 6.07) is 3.43. The van der Waals surface area contributed by atoms with Gasteiger partial charge in [0.1, 0.15) is 12.4 Å². The van der Waals surface area contributed by atoms with E-state index >= 15 is 0 Å². The molecular weight excluding hydrogens is 238 g/mol. The number of rotatable bonds is 4. The van der Waals surface area contributed by atoms with Gasteiger partial charge >= 0.3 is 5.97 Å². The number of aromatic nitrogens is 1. The van der Waals surface area contributed by atoms with Crippen LogP contribution in [0.2, 0.25) is 0 Å².